The van der Waals surface area contributed by atoms with E-state index in [1.165, 1.54) is 12.1 Å². The fourth-order valence-electron chi connectivity index (χ4n) is 1.94. The quantitative estimate of drug-likeness (QED) is 0.706. The number of nitrogens with one attached hydrogen (secondary N) is 2. The summed E-state index contributed by atoms with van der Waals surface area (Å²) in [5.74, 6) is -1.63. The molecule has 0 aliphatic rings. The third-order valence-corrected chi connectivity index (χ3v) is 3.92. The van der Waals surface area contributed by atoms with Crippen LogP contribution in [0.15, 0.2) is 48.5 Å². The number of halogens is 2. The minimum Gasteiger partial charge on any atom is -0.454 e. The van der Waals surface area contributed by atoms with E-state index in [0.717, 1.165) is 5.56 Å². The van der Waals surface area contributed by atoms with Crippen molar-refractivity contribution in [3.8, 4) is 0 Å². The Morgan fingerprint density at radius 2 is 1.62 bits per heavy atom. The van der Waals surface area contributed by atoms with Crippen LogP contribution in [0.1, 0.15) is 15.9 Å². The zero-order valence-corrected chi connectivity index (χ0v) is 15.1. The van der Waals surface area contributed by atoms with Crippen LogP contribution >= 0.6 is 23.2 Å². The van der Waals surface area contributed by atoms with Crippen LogP contribution in [0.5, 0.6) is 0 Å². The first-order valence-corrected chi connectivity index (χ1v) is 8.41. The zero-order valence-electron chi connectivity index (χ0n) is 13.6. The van der Waals surface area contributed by atoms with E-state index in [2.05, 4.69) is 10.6 Å². The van der Waals surface area contributed by atoms with E-state index in [1.54, 1.807) is 36.4 Å². The molecule has 2 N–H and O–H groups in total. The van der Waals surface area contributed by atoms with Crippen LogP contribution in [-0.2, 0) is 20.9 Å². The van der Waals surface area contributed by atoms with Gasteiger partial charge in [-0.3, -0.25) is 14.4 Å². The predicted octanol–water partition coefficient (Wildman–Crippen LogP) is 2.58. The molecule has 0 radical (unpaired) electrons. The maximum Gasteiger partial charge on any atom is 0.325 e. The van der Waals surface area contributed by atoms with Crippen LogP contribution in [-0.4, -0.2) is 30.9 Å². The van der Waals surface area contributed by atoms with Gasteiger partial charge in [-0.25, -0.2) is 0 Å². The molecule has 0 atom stereocenters. The highest BCUT2D eigenvalue weighted by Crippen LogP contribution is 2.14. The molecule has 6 nitrogen and oxygen atoms in total. The minimum atomic E-state index is -0.722. The van der Waals surface area contributed by atoms with E-state index < -0.39 is 24.4 Å². The van der Waals surface area contributed by atoms with Gasteiger partial charge < -0.3 is 15.4 Å². The van der Waals surface area contributed by atoms with Gasteiger partial charge in [0.05, 0.1) is 0 Å². The summed E-state index contributed by atoms with van der Waals surface area (Å²) in [6.45, 7) is -0.567. The van der Waals surface area contributed by atoms with Crippen molar-refractivity contribution in [2.45, 2.75) is 6.54 Å². The summed E-state index contributed by atoms with van der Waals surface area (Å²) in [4.78, 5) is 35.1. The Labute approximate surface area is 160 Å². The molecule has 2 aromatic rings. The predicted molar refractivity (Wildman–Crippen MR) is 98.0 cm³/mol. The Bertz CT molecular complexity index is 794. The third kappa shape index (κ3) is 6.38. The summed E-state index contributed by atoms with van der Waals surface area (Å²) in [6.07, 6.45) is 0. The molecule has 0 saturated carbocycles. The molecule has 0 spiro atoms. The molecule has 0 bridgehead atoms. The largest absolute Gasteiger partial charge is 0.454 e. The molecule has 0 aliphatic heterocycles. The topological polar surface area (TPSA) is 84.5 Å². The number of hydrogen-bond acceptors (Lipinski definition) is 4. The molecular weight excluding hydrogens is 379 g/mol. The first-order chi connectivity index (χ1) is 12.5. The molecule has 0 unspecified atom stereocenters. The smallest absolute Gasteiger partial charge is 0.325 e. The van der Waals surface area contributed by atoms with Crippen LogP contribution in [0, 0.1) is 0 Å². The van der Waals surface area contributed by atoms with Crippen molar-refractivity contribution in [3.63, 3.8) is 0 Å². The number of benzene rings is 2. The Hall–Kier alpha value is -2.57. The van der Waals surface area contributed by atoms with Crippen molar-refractivity contribution in [1.29, 1.82) is 0 Å². The minimum absolute atomic E-state index is 0.226. The molecule has 2 aromatic carbocycles. The van der Waals surface area contributed by atoms with Gasteiger partial charge in [-0.2, -0.15) is 0 Å². The highest BCUT2D eigenvalue weighted by atomic mass is 35.5. The van der Waals surface area contributed by atoms with E-state index in [1.807, 2.05) is 0 Å². The molecule has 0 saturated heterocycles. The molecule has 0 aliphatic carbocycles. The summed E-state index contributed by atoms with van der Waals surface area (Å²) in [5.41, 5.74) is 1.11. The van der Waals surface area contributed by atoms with Crippen molar-refractivity contribution in [1.82, 2.24) is 10.6 Å². The fraction of sp³-hybridized carbons (Fsp3) is 0.167. The first kappa shape index (κ1) is 19.8. The molecule has 2 amide bonds. The summed E-state index contributed by atoms with van der Waals surface area (Å²) >= 11 is 11.7. The third-order valence-electron chi connectivity index (χ3n) is 3.30. The molecular formula is C18H16Cl2N2O4. The van der Waals surface area contributed by atoms with Gasteiger partial charge in [-0.1, -0.05) is 41.4 Å². The van der Waals surface area contributed by atoms with Crippen LogP contribution in [0.2, 0.25) is 10.0 Å². The molecule has 0 aromatic heterocycles. The Morgan fingerprint density at radius 1 is 0.923 bits per heavy atom. The van der Waals surface area contributed by atoms with E-state index in [0.29, 0.717) is 15.6 Å². The SMILES string of the molecule is O=C(COC(=O)CNC(=O)c1ccc(Cl)cc1)NCc1ccccc1Cl. The first-order valence-electron chi connectivity index (χ1n) is 7.65. The van der Waals surface area contributed by atoms with Crippen LogP contribution in [0.4, 0.5) is 0 Å². The van der Waals surface area contributed by atoms with Gasteiger partial charge in [0.15, 0.2) is 6.61 Å². The number of carbonyl (C=O) groups excluding carboxylic acids is 3. The average Bonchev–Trinajstić information content (AvgIpc) is 2.64. The highest BCUT2D eigenvalue weighted by Gasteiger charge is 2.11. The second kappa shape index (κ2) is 9.79. The Balaban J connectivity index is 1.68. The standard InChI is InChI=1S/C18H16Cl2N2O4/c19-14-7-5-12(6-8-14)18(25)22-10-17(24)26-11-16(23)21-9-13-3-1-2-4-15(13)20/h1-8H,9-11H2,(H,21,23)(H,22,25). The maximum atomic E-state index is 11.8. The second-order valence-corrected chi connectivity index (χ2v) is 6.06. The normalized spacial score (nSPS) is 10.1. The fourth-order valence-corrected chi connectivity index (χ4v) is 2.27. The maximum absolute atomic E-state index is 11.8. The number of ether oxygens (including phenoxy) is 1. The second-order valence-electron chi connectivity index (χ2n) is 5.22. The molecule has 0 fully saturated rings. The number of hydrogen-bond donors (Lipinski definition) is 2. The van der Waals surface area contributed by atoms with Gasteiger partial charge in [-0.15, -0.1) is 0 Å². The van der Waals surface area contributed by atoms with E-state index >= 15 is 0 Å². The van der Waals surface area contributed by atoms with Gasteiger partial charge in [0.25, 0.3) is 11.8 Å². The van der Waals surface area contributed by atoms with Gasteiger partial charge in [0.2, 0.25) is 0 Å². The van der Waals surface area contributed by atoms with Crippen LogP contribution in [0.25, 0.3) is 0 Å². The van der Waals surface area contributed by atoms with Gasteiger partial charge in [0.1, 0.15) is 6.54 Å². The summed E-state index contributed by atoms with van der Waals surface area (Å²) in [6, 6.07) is 13.3. The average molecular weight is 395 g/mol. The molecule has 0 heterocycles. The lowest BCUT2D eigenvalue weighted by Gasteiger charge is -2.08. The Kier molecular flexibility index (Phi) is 7.44. The van der Waals surface area contributed by atoms with E-state index in [4.69, 9.17) is 27.9 Å². The van der Waals surface area contributed by atoms with Crippen LogP contribution in [0.3, 0.4) is 0 Å². The van der Waals surface area contributed by atoms with E-state index in [-0.39, 0.29) is 13.1 Å². The monoisotopic (exact) mass is 394 g/mol. The highest BCUT2D eigenvalue weighted by molar-refractivity contribution is 6.31. The number of carbonyl (C=O) groups is 3. The van der Waals surface area contributed by atoms with Crippen molar-refractivity contribution >= 4 is 41.0 Å². The lowest BCUT2D eigenvalue weighted by molar-refractivity contribution is -0.147. The number of esters is 1. The van der Waals surface area contributed by atoms with Crippen molar-refractivity contribution in [2.75, 3.05) is 13.2 Å². The van der Waals surface area contributed by atoms with Crippen molar-refractivity contribution in [2.24, 2.45) is 0 Å². The molecule has 26 heavy (non-hydrogen) atoms. The van der Waals surface area contributed by atoms with E-state index in [9.17, 15) is 14.4 Å². The number of rotatable bonds is 7. The zero-order chi connectivity index (χ0) is 18.9. The lowest BCUT2D eigenvalue weighted by atomic mass is 10.2. The lowest BCUT2D eigenvalue weighted by Crippen LogP contribution is -2.33. The Morgan fingerprint density at radius 3 is 2.31 bits per heavy atom. The molecule has 136 valence electrons. The van der Waals surface area contributed by atoms with Gasteiger partial charge in [0, 0.05) is 22.2 Å². The van der Waals surface area contributed by atoms with Gasteiger partial charge >= 0.3 is 5.97 Å². The van der Waals surface area contributed by atoms with Crippen molar-refractivity contribution < 1.29 is 19.1 Å². The van der Waals surface area contributed by atoms with Crippen molar-refractivity contribution in [3.05, 3.63) is 69.7 Å². The molecule has 2 rings (SSSR count). The molecule has 8 heteroatoms. The summed E-state index contributed by atoms with van der Waals surface area (Å²) < 4.78 is 4.81. The van der Waals surface area contributed by atoms with Crippen LogP contribution < -0.4 is 10.6 Å². The summed E-state index contributed by atoms with van der Waals surface area (Å²) in [7, 11) is 0. The number of amides is 2. The van der Waals surface area contributed by atoms with Gasteiger partial charge in [-0.05, 0) is 35.9 Å². The summed E-state index contributed by atoms with van der Waals surface area (Å²) in [5, 5.41) is 6.03.